The van der Waals surface area contributed by atoms with Crippen LogP contribution in [-0.4, -0.2) is 408 Å². The first-order chi connectivity index (χ1) is 65.0. The third-order valence-electron chi connectivity index (χ3n) is 21.4. The molecule has 3 aliphatic heterocycles. The fraction of sp³-hybridized carbons (Fsp3) is 0.760. The molecule has 0 saturated carbocycles. The van der Waals surface area contributed by atoms with Gasteiger partial charge in [-0.2, -0.15) is 13.0 Å². The molecule has 0 aliphatic carbocycles. The highest BCUT2D eigenvalue weighted by Gasteiger charge is 2.46. The van der Waals surface area contributed by atoms with E-state index in [1.807, 2.05) is 0 Å². The minimum atomic E-state index is -4.42. The number of unbranched alkanes of at least 4 members (excludes halogenated alkanes) is 6. The number of ether oxygens (including phenoxy) is 24. The van der Waals surface area contributed by atoms with E-state index in [4.69, 9.17) is 114 Å². The number of methoxy groups -OCH3 is 1. The van der Waals surface area contributed by atoms with Crippen LogP contribution < -0.4 is 15.5 Å². The van der Waals surface area contributed by atoms with Crippen LogP contribution in [0.3, 0.4) is 0 Å². The molecule has 2 aromatic carbocycles. The van der Waals surface area contributed by atoms with Gasteiger partial charge < -0.3 is 129 Å². The minimum Gasteiger partial charge on any atom is -0.382 e. The van der Waals surface area contributed by atoms with Crippen LogP contribution in [0.25, 0.3) is 0 Å². The average Bonchev–Trinajstić information content (AvgIpc) is 1.59. The SMILES string of the molecule is COCCOCCOCCOCCOCCOCCOCCOCCOCCOCCOCCOCCOCCOCCOCCOCCOCCOCCOCCOCCOCCOCCOCCOCCNC(=O)CCCCCN1c2ccc(S(=O)(=O)O)cc2C(C)(C)C1CC=CC=CC1=[N+](CCCCCC(=O)NCCCCCN2C(=O)C=CC2=O)c2ccc(C)cc2C1(C)C. The third-order valence-corrected chi connectivity index (χ3v) is 22.3. The number of benzene rings is 2. The van der Waals surface area contributed by atoms with E-state index in [2.05, 4.69) is 97.2 Å². The van der Waals surface area contributed by atoms with Crippen molar-refractivity contribution < 1.29 is 150 Å². The predicted octanol–water partition coefficient (Wildman–Crippen LogP) is 7.76. The van der Waals surface area contributed by atoms with Gasteiger partial charge in [-0.1, -0.05) is 50.1 Å². The standard InChI is InChI=1S/C96H161N5O31S/c1-83-23-25-87-85(81-83)95(2,3)89(99(87)31-16-8-13-21-91(102)97-29-15-10-18-33-101-93(104)27-28-94(101)105)19-11-7-12-20-90-96(4,5)86-82-84(133(106,107)108)24-26-88(86)100(90)32-17-9-14-22-92(103)98-30-34-110-37-38-112-41-42-114-45-46-116-49-50-118-53-54-120-57-58-122-61-62-124-65-66-126-69-70-128-73-74-130-77-78-132-80-79-131-76-75-129-72-71-127-68-67-125-64-63-123-60-59-121-56-55-119-52-51-117-48-47-115-44-43-113-40-39-111-36-35-109-6/h7,11-12,19,23-28,81-82,90H,8-10,13-18,20-22,29-80H2,1-6H3,(H2-,97,98,102,103,106,107,108)/p+1. The van der Waals surface area contributed by atoms with Crippen molar-refractivity contribution >= 4 is 50.8 Å². The van der Waals surface area contributed by atoms with E-state index < -0.39 is 15.5 Å². The number of fused-ring (bicyclic) bond motifs is 2. The molecule has 5 rings (SSSR count). The molecule has 3 heterocycles. The van der Waals surface area contributed by atoms with E-state index in [-0.39, 0.29) is 40.0 Å². The Hall–Kier alpha value is -5.84. The quantitative estimate of drug-likeness (QED) is 0.0187. The first kappa shape index (κ1) is 118. The summed E-state index contributed by atoms with van der Waals surface area (Å²) in [5.74, 6) is -0.535. The molecule has 1 unspecified atom stereocenters. The summed E-state index contributed by atoms with van der Waals surface area (Å²) in [6.07, 6.45) is 19.9. The number of hydrogen-bond donors (Lipinski definition) is 3. The largest absolute Gasteiger partial charge is 0.382 e. The van der Waals surface area contributed by atoms with Crippen molar-refractivity contribution in [2.75, 3.05) is 355 Å². The van der Waals surface area contributed by atoms with Gasteiger partial charge in [-0.25, -0.2) is 0 Å². The van der Waals surface area contributed by atoms with Gasteiger partial charge in [0.2, 0.25) is 17.5 Å². The number of rotatable bonds is 95. The van der Waals surface area contributed by atoms with Crippen molar-refractivity contribution in [1.29, 1.82) is 0 Å². The fourth-order valence-corrected chi connectivity index (χ4v) is 14.8. The highest BCUT2D eigenvalue weighted by atomic mass is 32.2. The Morgan fingerprint density at radius 3 is 1.11 bits per heavy atom. The van der Waals surface area contributed by atoms with Gasteiger partial charge in [-0.15, -0.1) is 0 Å². The molecule has 0 spiro atoms. The van der Waals surface area contributed by atoms with E-state index in [9.17, 15) is 32.1 Å². The Labute approximate surface area is 791 Å². The van der Waals surface area contributed by atoms with Crippen molar-refractivity contribution in [2.24, 2.45) is 0 Å². The molecule has 0 bridgehead atoms. The number of nitrogens with one attached hydrogen (secondary N) is 2. The summed E-state index contributed by atoms with van der Waals surface area (Å²) in [6, 6.07) is 11.5. The second kappa shape index (κ2) is 78.0. The summed E-state index contributed by atoms with van der Waals surface area (Å²) < 4.78 is 170. The molecule has 1 atom stereocenters. The lowest BCUT2D eigenvalue weighted by Crippen LogP contribution is -2.41. The molecular formula is C96H162N5O31S+. The minimum absolute atomic E-state index is 0.0150. The predicted molar refractivity (Wildman–Crippen MR) is 501 cm³/mol. The molecular weight excluding hydrogens is 1750 g/mol. The second-order valence-electron chi connectivity index (χ2n) is 32.4. The number of allylic oxidation sites excluding steroid dienone is 3. The second-order valence-corrected chi connectivity index (χ2v) is 33.8. The number of amides is 4. The number of imide groups is 1. The molecule has 37 heteroatoms. The smallest absolute Gasteiger partial charge is 0.294 e. The normalized spacial score (nSPS) is 14.7. The average molecular weight is 1910 g/mol. The summed E-state index contributed by atoms with van der Waals surface area (Å²) >= 11 is 0. The number of carbonyl (C=O) groups is 4. The Kier molecular flexibility index (Phi) is 69.0. The molecule has 0 radical (unpaired) electrons. The van der Waals surface area contributed by atoms with Gasteiger partial charge in [0.05, 0.1) is 321 Å². The van der Waals surface area contributed by atoms with Gasteiger partial charge in [0.25, 0.3) is 21.9 Å². The molecule has 762 valence electrons. The lowest BCUT2D eigenvalue weighted by molar-refractivity contribution is -0.438. The first-order valence-electron chi connectivity index (χ1n) is 47.8. The molecule has 3 aliphatic rings. The van der Waals surface area contributed by atoms with Crippen molar-refractivity contribution in [3.05, 3.63) is 89.5 Å². The summed E-state index contributed by atoms with van der Waals surface area (Å²) in [5, 5.41) is 5.98. The van der Waals surface area contributed by atoms with Crippen LogP contribution in [0.15, 0.2) is 77.7 Å². The van der Waals surface area contributed by atoms with Gasteiger partial charge in [0.15, 0.2) is 5.71 Å². The lowest BCUT2D eigenvalue weighted by Gasteiger charge is -2.34. The zero-order valence-corrected chi connectivity index (χ0v) is 81.5. The maximum absolute atomic E-state index is 12.8. The maximum Gasteiger partial charge on any atom is 0.294 e. The summed E-state index contributed by atoms with van der Waals surface area (Å²) in [7, 11) is -2.78. The van der Waals surface area contributed by atoms with Gasteiger partial charge in [0.1, 0.15) is 6.54 Å². The van der Waals surface area contributed by atoms with Crippen LogP contribution in [0, 0.1) is 6.92 Å². The van der Waals surface area contributed by atoms with Crippen LogP contribution in [0.2, 0.25) is 0 Å². The van der Waals surface area contributed by atoms with Gasteiger partial charge in [-0.3, -0.25) is 28.6 Å². The third kappa shape index (κ3) is 56.1. The Balaban J connectivity index is 0.712. The van der Waals surface area contributed by atoms with Crippen LogP contribution in [0.4, 0.5) is 11.4 Å². The number of nitrogens with zero attached hydrogens (tertiary/aromatic N) is 3. The van der Waals surface area contributed by atoms with Crippen LogP contribution in [0.1, 0.15) is 121 Å². The number of aryl methyl sites for hydroxylation is 1. The molecule has 0 saturated heterocycles. The zero-order chi connectivity index (χ0) is 95.3. The van der Waals surface area contributed by atoms with Gasteiger partial charge in [0, 0.05) is 99.6 Å². The number of carbonyl (C=O) groups excluding carboxylic acids is 4. The zero-order valence-electron chi connectivity index (χ0n) is 80.7. The van der Waals surface area contributed by atoms with Gasteiger partial charge in [-0.05, 0) is 102 Å². The van der Waals surface area contributed by atoms with E-state index in [1.165, 1.54) is 45.6 Å². The van der Waals surface area contributed by atoms with Crippen LogP contribution in [-0.2, 0) is 154 Å². The Morgan fingerprint density at radius 2 is 0.737 bits per heavy atom. The van der Waals surface area contributed by atoms with Crippen molar-refractivity contribution in [1.82, 2.24) is 15.5 Å². The highest BCUT2D eigenvalue weighted by Crippen LogP contribution is 2.48. The Morgan fingerprint density at radius 1 is 0.398 bits per heavy atom. The van der Waals surface area contributed by atoms with Gasteiger partial charge >= 0.3 is 0 Å². The topological polar surface area (TPSA) is 378 Å². The molecule has 3 N–H and O–H groups in total. The molecule has 2 aromatic rings. The Bertz CT molecular complexity index is 3540. The number of hydrogen-bond acceptors (Lipinski definition) is 31. The fourth-order valence-electron chi connectivity index (χ4n) is 14.3. The lowest BCUT2D eigenvalue weighted by atomic mass is 9.79. The monoisotopic (exact) mass is 1910 g/mol. The van der Waals surface area contributed by atoms with Crippen LogP contribution >= 0.6 is 0 Å². The van der Waals surface area contributed by atoms with Crippen molar-refractivity contribution in [3.8, 4) is 0 Å². The van der Waals surface area contributed by atoms with Crippen molar-refractivity contribution in [2.45, 2.75) is 133 Å². The first-order valence-corrected chi connectivity index (χ1v) is 49.2. The van der Waals surface area contributed by atoms with E-state index >= 15 is 0 Å². The molecule has 133 heavy (non-hydrogen) atoms. The van der Waals surface area contributed by atoms with Crippen LogP contribution in [0.5, 0.6) is 0 Å². The number of anilines is 1. The van der Waals surface area contributed by atoms with E-state index in [1.54, 1.807) is 19.2 Å². The molecule has 36 nitrogen and oxygen atoms in total. The van der Waals surface area contributed by atoms with E-state index in [0.29, 0.717) is 369 Å². The molecule has 0 fully saturated rings. The summed E-state index contributed by atoms with van der Waals surface area (Å²) in [5.41, 5.74) is 5.96. The molecule has 0 aromatic heterocycles. The highest BCUT2D eigenvalue weighted by molar-refractivity contribution is 7.85. The maximum atomic E-state index is 12.8. The summed E-state index contributed by atoms with van der Waals surface area (Å²) in [4.78, 5) is 52.6. The summed E-state index contributed by atoms with van der Waals surface area (Å²) in [6.45, 7) is 36.0. The van der Waals surface area contributed by atoms with Crippen molar-refractivity contribution in [3.63, 3.8) is 0 Å². The van der Waals surface area contributed by atoms with E-state index in [0.717, 1.165) is 62.7 Å². The molecule has 4 amide bonds.